The fourth-order valence-electron chi connectivity index (χ4n) is 1.36. The standard InChI is InChI=1S/C10H12O5/c1-15-9(13)5-8(12)10(14)6-3-2-4-7(6)11/h5,12,14H,2-4H2,1H3. The number of ether oxygens (including phenoxy) is 1. The van der Waals surface area contributed by atoms with Gasteiger partial charge in [0.1, 0.15) is 0 Å². The lowest BCUT2D eigenvalue weighted by atomic mass is 10.1. The summed E-state index contributed by atoms with van der Waals surface area (Å²) in [6.07, 6.45) is 2.17. The first-order valence-electron chi connectivity index (χ1n) is 4.50. The van der Waals surface area contributed by atoms with Crippen molar-refractivity contribution < 1.29 is 24.5 Å². The molecule has 1 aliphatic carbocycles. The highest BCUT2D eigenvalue weighted by Crippen LogP contribution is 2.25. The zero-order chi connectivity index (χ0) is 11.4. The molecule has 0 radical (unpaired) electrons. The van der Waals surface area contributed by atoms with Crippen LogP contribution in [-0.4, -0.2) is 29.1 Å². The van der Waals surface area contributed by atoms with Gasteiger partial charge >= 0.3 is 5.97 Å². The van der Waals surface area contributed by atoms with Crippen molar-refractivity contribution in [2.24, 2.45) is 0 Å². The molecule has 5 nitrogen and oxygen atoms in total. The van der Waals surface area contributed by atoms with Crippen molar-refractivity contribution in [1.29, 1.82) is 0 Å². The maximum atomic E-state index is 11.2. The molecule has 0 atom stereocenters. The van der Waals surface area contributed by atoms with Gasteiger partial charge in [0, 0.05) is 12.0 Å². The number of Topliss-reactive ketones (excluding diaryl/α,β-unsaturated/α-hetero) is 1. The molecular formula is C10H12O5. The van der Waals surface area contributed by atoms with Crippen molar-refractivity contribution >= 4 is 11.8 Å². The van der Waals surface area contributed by atoms with Crippen molar-refractivity contribution in [3.05, 3.63) is 23.2 Å². The molecular weight excluding hydrogens is 200 g/mol. The summed E-state index contributed by atoms with van der Waals surface area (Å²) in [5.74, 6) is -2.14. The van der Waals surface area contributed by atoms with Crippen LogP contribution in [0.3, 0.4) is 0 Å². The lowest BCUT2D eigenvalue weighted by Gasteiger charge is -2.02. The van der Waals surface area contributed by atoms with Gasteiger partial charge < -0.3 is 14.9 Å². The van der Waals surface area contributed by atoms with Gasteiger partial charge in [-0.25, -0.2) is 4.79 Å². The van der Waals surface area contributed by atoms with Crippen LogP contribution in [0, 0.1) is 0 Å². The maximum absolute atomic E-state index is 11.2. The van der Waals surface area contributed by atoms with Crippen molar-refractivity contribution in [1.82, 2.24) is 0 Å². The van der Waals surface area contributed by atoms with E-state index in [4.69, 9.17) is 0 Å². The number of hydrogen-bond acceptors (Lipinski definition) is 5. The fraction of sp³-hybridized carbons (Fsp3) is 0.400. The van der Waals surface area contributed by atoms with Gasteiger partial charge in [-0.05, 0) is 12.8 Å². The first-order valence-corrected chi connectivity index (χ1v) is 4.50. The number of methoxy groups -OCH3 is 1. The Hall–Kier alpha value is -1.78. The van der Waals surface area contributed by atoms with Crippen LogP contribution < -0.4 is 0 Å². The number of esters is 1. The Bertz CT molecular complexity index is 351. The molecule has 0 aliphatic heterocycles. The van der Waals surface area contributed by atoms with Gasteiger partial charge in [-0.15, -0.1) is 0 Å². The van der Waals surface area contributed by atoms with Crippen LogP contribution in [0.5, 0.6) is 0 Å². The molecule has 0 aromatic carbocycles. The second-order valence-electron chi connectivity index (χ2n) is 3.16. The molecule has 0 heterocycles. The summed E-state index contributed by atoms with van der Waals surface area (Å²) in [6.45, 7) is 0. The van der Waals surface area contributed by atoms with E-state index >= 15 is 0 Å². The normalized spacial score (nSPS) is 20.3. The smallest absolute Gasteiger partial charge is 0.334 e. The molecule has 1 rings (SSSR count). The lowest BCUT2D eigenvalue weighted by Crippen LogP contribution is -2.03. The molecule has 0 spiro atoms. The molecule has 0 saturated heterocycles. The number of hydrogen-bond donors (Lipinski definition) is 2. The summed E-state index contributed by atoms with van der Waals surface area (Å²) < 4.78 is 4.27. The lowest BCUT2D eigenvalue weighted by molar-refractivity contribution is -0.135. The molecule has 0 unspecified atom stereocenters. The Labute approximate surface area is 86.7 Å². The number of rotatable bonds is 2. The van der Waals surface area contributed by atoms with E-state index in [0.717, 1.165) is 13.2 Å². The fourth-order valence-corrected chi connectivity index (χ4v) is 1.36. The van der Waals surface area contributed by atoms with Gasteiger partial charge in [0.25, 0.3) is 0 Å². The Balaban J connectivity index is 2.92. The van der Waals surface area contributed by atoms with Gasteiger partial charge in [-0.1, -0.05) is 0 Å². The average Bonchev–Trinajstić information content (AvgIpc) is 2.63. The third kappa shape index (κ3) is 2.59. The Morgan fingerprint density at radius 2 is 2.07 bits per heavy atom. The number of ketones is 1. The van der Waals surface area contributed by atoms with E-state index in [1.807, 2.05) is 0 Å². The molecule has 0 amide bonds. The Kier molecular flexibility index (Phi) is 3.49. The maximum Gasteiger partial charge on any atom is 0.334 e. The van der Waals surface area contributed by atoms with Crippen molar-refractivity contribution in [2.75, 3.05) is 7.11 Å². The van der Waals surface area contributed by atoms with Crippen LogP contribution in [0.1, 0.15) is 19.3 Å². The first-order chi connectivity index (χ1) is 7.06. The second kappa shape index (κ2) is 4.63. The van der Waals surface area contributed by atoms with Gasteiger partial charge in [-0.3, -0.25) is 4.79 Å². The highest BCUT2D eigenvalue weighted by atomic mass is 16.5. The zero-order valence-electron chi connectivity index (χ0n) is 8.32. The van der Waals surface area contributed by atoms with E-state index in [2.05, 4.69) is 4.74 Å². The van der Waals surface area contributed by atoms with Crippen LogP contribution in [-0.2, 0) is 14.3 Å². The summed E-state index contributed by atoms with van der Waals surface area (Å²) in [5.41, 5.74) is 0.174. The van der Waals surface area contributed by atoms with Gasteiger partial charge in [0.2, 0.25) is 0 Å². The van der Waals surface area contributed by atoms with Crippen LogP contribution in [0.15, 0.2) is 23.2 Å². The Morgan fingerprint density at radius 1 is 1.40 bits per heavy atom. The summed E-state index contributed by atoms with van der Waals surface area (Å²) >= 11 is 0. The molecule has 0 aromatic heterocycles. The van der Waals surface area contributed by atoms with E-state index in [0.29, 0.717) is 19.3 Å². The van der Waals surface area contributed by atoms with Gasteiger partial charge in [-0.2, -0.15) is 0 Å². The van der Waals surface area contributed by atoms with Crippen LogP contribution in [0.2, 0.25) is 0 Å². The highest BCUT2D eigenvalue weighted by molar-refractivity contribution is 5.98. The third-order valence-electron chi connectivity index (χ3n) is 2.15. The summed E-state index contributed by atoms with van der Waals surface area (Å²) in [4.78, 5) is 21.9. The predicted octanol–water partition coefficient (Wildman–Crippen LogP) is 1.17. The van der Waals surface area contributed by atoms with Gasteiger partial charge in [0.15, 0.2) is 17.3 Å². The van der Waals surface area contributed by atoms with Crippen molar-refractivity contribution in [2.45, 2.75) is 19.3 Å². The molecule has 0 bridgehead atoms. The number of allylic oxidation sites excluding steroid dienone is 1. The molecule has 0 aromatic rings. The molecule has 82 valence electrons. The minimum Gasteiger partial charge on any atom is -0.504 e. The molecule has 15 heavy (non-hydrogen) atoms. The highest BCUT2D eigenvalue weighted by Gasteiger charge is 2.23. The third-order valence-corrected chi connectivity index (χ3v) is 2.15. The topological polar surface area (TPSA) is 83.8 Å². The zero-order valence-corrected chi connectivity index (χ0v) is 8.32. The second-order valence-corrected chi connectivity index (χ2v) is 3.16. The van der Waals surface area contributed by atoms with E-state index in [1.54, 1.807) is 0 Å². The van der Waals surface area contributed by atoms with E-state index in [9.17, 15) is 19.8 Å². The number of aliphatic hydroxyl groups is 2. The number of carbonyl (C=O) groups excluding carboxylic acids is 2. The number of carbonyl (C=O) groups is 2. The van der Waals surface area contributed by atoms with Gasteiger partial charge in [0.05, 0.1) is 13.2 Å². The molecule has 2 N–H and O–H groups in total. The minimum absolute atomic E-state index is 0.174. The Morgan fingerprint density at radius 3 is 2.53 bits per heavy atom. The molecule has 1 aliphatic rings. The molecule has 1 fully saturated rings. The van der Waals surface area contributed by atoms with Crippen LogP contribution in [0.4, 0.5) is 0 Å². The largest absolute Gasteiger partial charge is 0.504 e. The van der Waals surface area contributed by atoms with E-state index in [1.165, 1.54) is 0 Å². The summed E-state index contributed by atoms with van der Waals surface area (Å²) in [6, 6.07) is 0. The van der Waals surface area contributed by atoms with E-state index < -0.39 is 17.5 Å². The molecule has 1 saturated carbocycles. The van der Waals surface area contributed by atoms with Crippen LogP contribution >= 0.6 is 0 Å². The SMILES string of the molecule is COC(=O)C=C(O)C(O)=C1CCCC1=O. The molecule has 5 heteroatoms. The summed E-state index contributed by atoms with van der Waals surface area (Å²) in [7, 11) is 1.15. The minimum atomic E-state index is -0.787. The van der Waals surface area contributed by atoms with Crippen LogP contribution in [0.25, 0.3) is 0 Å². The quantitative estimate of drug-likeness (QED) is 0.407. The van der Waals surface area contributed by atoms with Crippen molar-refractivity contribution in [3.8, 4) is 0 Å². The first kappa shape index (κ1) is 11.3. The van der Waals surface area contributed by atoms with E-state index in [-0.39, 0.29) is 11.4 Å². The van der Waals surface area contributed by atoms with Crippen molar-refractivity contribution in [3.63, 3.8) is 0 Å². The predicted molar refractivity (Wildman–Crippen MR) is 51.2 cm³/mol. The summed E-state index contributed by atoms with van der Waals surface area (Å²) in [5, 5.41) is 18.8. The number of aliphatic hydroxyl groups excluding tert-OH is 2. The monoisotopic (exact) mass is 212 g/mol. The average molecular weight is 212 g/mol.